The molecule has 1 heteroatoms. The molecular weight excluding hydrogens is 172 g/mol. The Morgan fingerprint density at radius 1 is 1.36 bits per heavy atom. The summed E-state index contributed by atoms with van der Waals surface area (Å²) in [5, 5.41) is 0. The molecule has 1 aromatic carbocycles. The Morgan fingerprint density at radius 2 is 2.00 bits per heavy atom. The van der Waals surface area contributed by atoms with Gasteiger partial charge >= 0.3 is 0 Å². The van der Waals surface area contributed by atoms with Crippen molar-refractivity contribution in [1.82, 2.24) is 0 Å². The van der Waals surface area contributed by atoms with E-state index in [1.807, 2.05) is 0 Å². The number of hydrogen-bond acceptors (Lipinski definition) is 1. The molecule has 1 aliphatic rings. The SMILES string of the molecule is CCc1ccc([C@@H]2C[C@H]2C(C)=O)cc1. The van der Waals surface area contributed by atoms with E-state index >= 15 is 0 Å². The molecule has 1 nitrogen and oxygen atoms in total. The second-order valence-corrected chi connectivity index (χ2v) is 4.15. The zero-order chi connectivity index (χ0) is 10.1. The van der Waals surface area contributed by atoms with Gasteiger partial charge in [0, 0.05) is 5.92 Å². The van der Waals surface area contributed by atoms with Gasteiger partial charge in [0.05, 0.1) is 0 Å². The molecule has 74 valence electrons. The molecule has 0 saturated heterocycles. The standard InChI is InChI=1S/C13H16O/c1-3-10-4-6-11(7-5-10)13-8-12(13)9(2)14/h4-7,12-13H,3,8H2,1-2H3/t12-,13-/m0/s1. The van der Waals surface area contributed by atoms with E-state index in [0.717, 1.165) is 12.8 Å². The van der Waals surface area contributed by atoms with Crippen LogP contribution in [0.15, 0.2) is 24.3 Å². The Balaban J connectivity index is 2.08. The first-order valence-corrected chi connectivity index (χ1v) is 5.31. The minimum atomic E-state index is 0.308. The highest BCUT2D eigenvalue weighted by Gasteiger charge is 2.41. The summed E-state index contributed by atoms with van der Waals surface area (Å²) in [4.78, 5) is 11.1. The molecule has 0 heterocycles. The fourth-order valence-corrected chi connectivity index (χ4v) is 2.01. The number of Topliss-reactive ketones (excluding diaryl/α,β-unsaturated/α-hetero) is 1. The largest absolute Gasteiger partial charge is 0.300 e. The van der Waals surface area contributed by atoms with Crippen molar-refractivity contribution in [2.24, 2.45) is 5.92 Å². The third kappa shape index (κ3) is 1.72. The van der Waals surface area contributed by atoms with E-state index in [-0.39, 0.29) is 0 Å². The lowest BCUT2D eigenvalue weighted by Crippen LogP contribution is -1.94. The van der Waals surface area contributed by atoms with Crippen LogP contribution in [0.4, 0.5) is 0 Å². The minimum absolute atomic E-state index is 0.308. The first-order chi connectivity index (χ1) is 6.72. The average molecular weight is 188 g/mol. The molecule has 1 fully saturated rings. The maximum absolute atomic E-state index is 11.1. The van der Waals surface area contributed by atoms with Crippen molar-refractivity contribution in [2.75, 3.05) is 0 Å². The molecule has 2 atom stereocenters. The molecule has 0 unspecified atom stereocenters. The number of benzene rings is 1. The van der Waals surface area contributed by atoms with Crippen molar-refractivity contribution in [3.05, 3.63) is 35.4 Å². The van der Waals surface area contributed by atoms with Gasteiger partial charge in [-0.2, -0.15) is 0 Å². The molecule has 0 spiro atoms. The molecular formula is C13H16O. The minimum Gasteiger partial charge on any atom is -0.300 e. The summed E-state index contributed by atoms with van der Waals surface area (Å²) in [6.07, 6.45) is 2.14. The Labute approximate surface area is 85.1 Å². The van der Waals surface area contributed by atoms with Crippen LogP contribution < -0.4 is 0 Å². The summed E-state index contributed by atoms with van der Waals surface area (Å²) < 4.78 is 0. The lowest BCUT2D eigenvalue weighted by molar-refractivity contribution is -0.118. The average Bonchev–Trinajstić information content (AvgIpc) is 2.97. The molecule has 0 amide bonds. The quantitative estimate of drug-likeness (QED) is 0.712. The summed E-state index contributed by atoms with van der Waals surface area (Å²) in [5.41, 5.74) is 2.70. The van der Waals surface area contributed by atoms with E-state index in [1.165, 1.54) is 11.1 Å². The van der Waals surface area contributed by atoms with Crippen LogP contribution >= 0.6 is 0 Å². The normalized spacial score (nSPS) is 24.7. The van der Waals surface area contributed by atoms with Gasteiger partial charge < -0.3 is 0 Å². The third-order valence-corrected chi connectivity index (χ3v) is 3.13. The number of carbonyl (C=O) groups is 1. The lowest BCUT2D eigenvalue weighted by atomic mass is 10.0. The monoisotopic (exact) mass is 188 g/mol. The summed E-state index contributed by atoms with van der Waals surface area (Å²) in [6, 6.07) is 8.69. The fraction of sp³-hybridized carbons (Fsp3) is 0.462. The number of hydrogen-bond donors (Lipinski definition) is 0. The maximum Gasteiger partial charge on any atom is 0.133 e. The predicted octanol–water partition coefficient (Wildman–Crippen LogP) is 2.94. The summed E-state index contributed by atoms with van der Waals surface area (Å²) in [6.45, 7) is 3.86. The fourth-order valence-electron chi connectivity index (χ4n) is 2.01. The summed E-state index contributed by atoms with van der Waals surface area (Å²) in [7, 11) is 0. The van der Waals surface area contributed by atoms with Gasteiger partial charge in [0.15, 0.2) is 0 Å². The predicted molar refractivity (Wildman–Crippen MR) is 57.3 cm³/mol. The van der Waals surface area contributed by atoms with Crippen LogP contribution in [0, 0.1) is 5.92 Å². The Bertz CT molecular complexity index is 337. The van der Waals surface area contributed by atoms with Crippen molar-refractivity contribution < 1.29 is 4.79 Å². The van der Waals surface area contributed by atoms with Crippen LogP contribution in [0.1, 0.15) is 37.3 Å². The van der Waals surface area contributed by atoms with Gasteiger partial charge in [0.25, 0.3) is 0 Å². The number of aryl methyl sites for hydroxylation is 1. The van der Waals surface area contributed by atoms with Crippen LogP contribution in [-0.4, -0.2) is 5.78 Å². The van der Waals surface area contributed by atoms with Crippen molar-refractivity contribution in [2.45, 2.75) is 32.6 Å². The van der Waals surface area contributed by atoms with Crippen LogP contribution in [0.2, 0.25) is 0 Å². The number of ketones is 1. The number of rotatable bonds is 3. The van der Waals surface area contributed by atoms with Crippen molar-refractivity contribution in [3.63, 3.8) is 0 Å². The van der Waals surface area contributed by atoms with Gasteiger partial charge in [-0.25, -0.2) is 0 Å². The van der Waals surface area contributed by atoms with Crippen LogP contribution in [-0.2, 0) is 11.2 Å². The molecule has 2 rings (SSSR count). The van der Waals surface area contributed by atoms with E-state index in [9.17, 15) is 4.79 Å². The molecule has 0 N–H and O–H groups in total. The number of carbonyl (C=O) groups excluding carboxylic acids is 1. The smallest absolute Gasteiger partial charge is 0.133 e. The van der Waals surface area contributed by atoms with Crippen molar-refractivity contribution >= 4 is 5.78 Å². The topological polar surface area (TPSA) is 17.1 Å². The molecule has 1 aliphatic carbocycles. The van der Waals surface area contributed by atoms with E-state index in [0.29, 0.717) is 17.6 Å². The van der Waals surface area contributed by atoms with Gasteiger partial charge in [-0.3, -0.25) is 4.79 Å². The first kappa shape index (κ1) is 9.45. The highest BCUT2D eigenvalue weighted by molar-refractivity contribution is 5.82. The molecule has 0 aromatic heterocycles. The van der Waals surface area contributed by atoms with E-state index in [2.05, 4.69) is 31.2 Å². The first-order valence-electron chi connectivity index (χ1n) is 5.31. The second kappa shape index (κ2) is 3.56. The molecule has 0 aliphatic heterocycles. The van der Waals surface area contributed by atoms with Crippen LogP contribution in [0.25, 0.3) is 0 Å². The Hall–Kier alpha value is -1.11. The Kier molecular flexibility index (Phi) is 2.40. The second-order valence-electron chi connectivity index (χ2n) is 4.15. The van der Waals surface area contributed by atoms with Gasteiger partial charge in [0.2, 0.25) is 0 Å². The van der Waals surface area contributed by atoms with Crippen molar-refractivity contribution in [1.29, 1.82) is 0 Å². The molecule has 14 heavy (non-hydrogen) atoms. The lowest BCUT2D eigenvalue weighted by Gasteiger charge is -2.00. The highest BCUT2D eigenvalue weighted by atomic mass is 16.1. The third-order valence-electron chi connectivity index (χ3n) is 3.13. The summed E-state index contributed by atoms with van der Waals surface area (Å²) in [5.74, 6) is 1.16. The maximum atomic E-state index is 11.1. The molecule has 1 aromatic rings. The Morgan fingerprint density at radius 3 is 2.43 bits per heavy atom. The molecule has 0 radical (unpaired) electrons. The zero-order valence-electron chi connectivity index (χ0n) is 8.79. The summed E-state index contributed by atoms with van der Waals surface area (Å²) >= 11 is 0. The van der Waals surface area contributed by atoms with E-state index in [4.69, 9.17) is 0 Å². The van der Waals surface area contributed by atoms with E-state index < -0.39 is 0 Å². The zero-order valence-corrected chi connectivity index (χ0v) is 8.79. The van der Waals surface area contributed by atoms with Gasteiger partial charge in [-0.15, -0.1) is 0 Å². The molecule has 0 bridgehead atoms. The van der Waals surface area contributed by atoms with Gasteiger partial charge in [0.1, 0.15) is 5.78 Å². The van der Waals surface area contributed by atoms with Crippen LogP contribution in [0.3, 0.4) is 0 Å². The van der Waals surface area contributed by atoms with Crippen molar-refractivity contribution in [3.8, 4) is 0 Å². The van der Waals surface area contributed by atoms with Gasteiger partial charge in [-0.1, -0.05) is 31.2 Å². The van der Waals surface area contributed by atoms with Gasteiger partial charge in [-0.05, 0) is 36.8 Å². The van der Waals surface area contributed by atoms with E-state index in [1.54, 1.807) is 6.92 Å². The molecule has 1 saturated carbocycles. The van der Waals surface area contributed by atoms with Crippen LogP contribution in [0.5, 0.6) is 0 Å². The highest BCUT2D eigenvalue weighted by Crippen LogP contribution is 2.47.